The van der Waals surface area contributed by atoms with E-state index >= 15 is 0 Å². The van der Waals surface area contributed by atoms with Gasteiger partial charge in [0.05, 0.1) is 0 Å². The molecule has 1 unspecified atom stereocenters. The van der Waals surface area contributed by atoms with Crippen molar-refractivity contribution in [1.82, 2.24) is 0 Å². The van der Waals surface area contributed by atoms with E-state index in [1.807, 2.05) is 0 Å². The minimum atomic E-state index is 0.486. The number of rotatable bonds is 2. The lowest BCUT2D eigenvalue weighted by atomic mass is 10.1. The summed E-state index contributed by atoms with van der Waals surface area (Å²) < 4.78 is 0. The third-order valence-corrected chi connectivity index (χ3v) is 2.02. The third kappa shape index (κ3) is 2.98. The third-order valence-electron chi connectivity index (χ3n) is 1.15. The highest BCUT2D eigenvalue weighted by Gasteiger charge is 2.03. The van der Waals surface area contributed by atoms with Crippen LogP contribution in [0.3, 0.4) is 0 Å². The largest absolute Gasteiger partial charge is 0.0902 e. The quantitative estimate of drug-likeness (QED) is 0.521. The molecule has 0 saturated carbocycles. The number of hydrogen-bond donors (Lipinski definition) is 0. The summed E-state index contributed by atoms with van der Waals surface area (Å²) in [6.45, 7) is 6.47. The Morgan fingerprint density at radius 2 is 1.86 bits per heavy atom. The zero-order chi connectivity index (χ0) is 5.86. The Morgan fingerprint density at radius 3 is 1.86 bits per heavy atom. The highest BCUT2D eigenvalue weighted by atomic mass is 32.1. The summed E-state index contributed by atoms with van der Waals surface area (Å²) in [4.78, 5) is 0. The molecule has 1 atom stereocenters. The van der Waals surface area contributed by atoms with E-state index in [0.717, 1.165) is 6.42 Å². The van der Waals surface area contributed by atoms with Gasteiger partial charge in [-0.25, -0.2) is 0 Å². The molecule has 1 heteroatoms. The van der Waals surface area contributed by atoms with Gasteiger partial charge in [-0.15, -0.1) is 0 Å². The van der Waals surface area contributed by atoms with Crippen LogP contribution in [0.25, 0.3) is 0 Å². The minimum absolute atomic E-state index is 0.486. The van der Waals surface area contributed by atoms with E-state index in [9.17, 15) is 0 Å². The van der Waals surface area contributed by atoms with Crippen LogP contribution in [0.15, 0.2) is 0 Å². The molecule has 0 rings (SSSR count). The van der Waals surface area contributed by atoms with E-state index < -0.39 is 0 Å². The second-order valence-corrected chi connectivity index (χ2v) is 2.80. The zero-order valence-corrected chi connectivity index (χ0v) is 6.09. The Morgan fingerprint density at radius 1 is 1.43 bits per heavy atom. The summed E-state index contributed by atoms with van der Waals surface area (Å²) in [5.41, 5.74) is 0. The first-order valence-corrected chi connectivity index (χ1v) is 3.31. The molecule has 0 saturated heterocycles. The Hall–Kier alpha value is 0.350. The first-order valence-electron chi connectivity index (χ1n) is 2.84. The van der Waals surface area contributed by atoms with Crippen LogP contribution in [0, 0.1) is 5.92 Å². The monoisotopic (exact) mass is 117 g/mol. The maximum Gasteiger partial charge on any atom is 0.0171 e. The molecular formula is C6H13S. The smallest absolute Gasteiger partial charge is 0.0171 e. The molecular weight excluding hydrogens is 104 g/mol. The van der Waals surface area contributed by atoms with E-state index in [-0.39, 0.29) is 0 Å². The molecule has 0 aromatic heterocycles. The van der Waals surface area contributed by atoms with Crippen LogP contribution in [0.4, 0.5) is 0 Å². The summed E-state index contributed by atoms with van der Waals surface area (Å²) in [6, 6.07) is 0. The normalized spacial score (nSPS) is 15.0. The molecule has 0 fully saturated rings. The molecule has 0 N–H and O–H groups in total. The predicted octanol–water partition coefficient (Wildman–Crippen LogP) is 2.62. The van der Waals surface area contributed by atoms with Gasteiger partial charge in [-0.1, -0.05) is 33.4 Å². The highest BCUT2D eigenvalue weighted by Crippen LogP contribution is 2.10. The Kier molecular flexibility index (Phi) is 3.53. The van der Waals surface area contributed by atoms with Crippen molar-refractivity contribution in [2.45, 2.75) is 32.4 Å². The van der Waals surface area contributed by atoms with Crippen LogP contribution >= 0.6 is 12.6 Å². The summed E-state index contributed by atoms with van der Waals surface area (Å²) in [6.07, 6.45) is 1.13. The lowest BCUT2D eigenvalue weighted by Gasteiger charge is -2.08. The Balaban J connectivity index is 3.14. The molecule has 43 valence electrons. The van der Waals surface area contributed by atoms with Crippen molar-refractivity contribution in [2.75, 3.05) is 0 Å². The molecule has 1 radical (unpaired) electrons. The van der Waals surface area contributed by atoms with Crippen molar-refractivity contribution >= 4 is 12.6 Å². The molecule has 0 bridgehead atoms. The van der Waals surface area contributed by atoms with E-state index in [0.29, 0.717) is 11.2 Å². The maximum atomic E-state index is 5.06. The van der Waals surface area contributed by atoms with Gasteiger partial charge < -0.3 is 0 Å². The van der Waals surface area contributed by atoms with Crippen molar-refractivity contribution in [3.8, 4) is 0 Å². The van der Waals surface area contributed by atoms with Crippen molar-refractivity contribution in [3.05, 3.63) is 0 Å². The molecule has 7 heavy (non-hydrogen) atoms. The first-order chi connectivity index (χ1) is 3.18. The van der Waals surface area contributed by atoms with Gasteiger partial charge in [-0.05, 0) is 12.3 Å². The topological polar surface area (TPSA) is 0 Å². The summed E-state index contributed by atoms with van der Waals surface area (Å²) in [5, 5.41) is 0.486. The SMILES string of the molecule is CCC([S])C(C)C. The van der Waals surface area contributed by atoms with Crippen molar-refractivity contribution < 1.29 is 0 Å². The van der Waals surface area contributed by atoms with Gasteiger partial charge in [0.25, 0.3) is 0 Å². The molecule has 0 aromatic rings. The van der Waals surface area contributed by atoms with Crippen LogP contribution in [0.2, 0.25) is 0 Å². The fourth-order valence-electron chi connectivity index (χ4n) is 0.471. The van der Waals surface area contributed by atoms with Gasteiger partial charge in [0.15, 0.2) is 0 Å². The molecule has 0 spiro atoms. The second-order valence-electron chi connectivity index (χ2n) is 2.19. The first kappa shape index (κ1) is 7.35. The van der Waals surface area contributed by atoms with Crippen LogP contribution in [-0.4, -0.2) is 5.25 Å². The minimum Gasteiger partial charge on any atom is -0.0902 e. The fraction of sp³-hybridized carbons (Fsp3) is 1.00. The fourth-order valence-corrected chi connectivity index (χ4v) is 0.471. The number of hydrogen-bond acceptors (Lipinski definition) is 0. The van der Waals surface area contributed by atoms with Gasteiger partial charge in [-0.2, -0.15) is 0 Å². The molecule has 0 aliphatic carbocycles. The highest BCUT2D eigenvalue weighted by molar-refractivity contribution is 7.80. The molecule has 0 aliphatic heterocycles. The molecule has 0 amide bonds. The standard InChI is InChI=1S/C6H13S/c1-4-6(7)5(2)3/h5-6H,4H2,1-3H3. The summed E-state index contributed by atoms with van der Waals surface area (Å²) in [5.74, 6) is 0.681. The van der Waals surface area contributed by atoms with E-state index in [4.69, 9.17) is 12.6 Å². The van der Waals surface area contributed by atoms with Crippen LogP contribution in [0.5, 0.6) is 0 Å². The van der Waals surface area contributed by atoms with Crippen LogP contribution in [0.1, 0.15) is 27.2 Å². The second kappa shape index (κ2) is 3.36. The summed E-state index contributed by atoms with van der Waals surface area (Å²) in [7, 11) is 0. The van der Waals surface area contributed by atoms with E-state index in [2.05, 4.69) is 20.8 Å². The van der Waals surface area contributed by atoms with Gasteiger partial charge >= 0.3 is 0 Å². The van der Waals surface area contributed by atoms with Gasteiger partial charge in [0.2, 0.25) is 0 Å². The van der Waals surface area contributed by atoms with E-state index in [1.54, 1.807) is 0 Å². The average molecular weight is 117 g/mol. The van der Waals surface area contributed by atoms with Crippen molar-refractivity contribution in [1.29, 1.82) is 0 Å². The van der Waals surface area contributed by atoms with Crippen LogP contribution < -0.4 is 0 Å². The lowest BCUT2D eigenvalue weighted by Crippen LogP contribution is -2.04. The van der Waals surface area contributed by atoms with Crippen LogP contribution in [-0.2, 0) is 0 Å². The predicted molar refractivity (Wildman–Crippen MR) is 36.5 cm³/mol. The average Bonchev–Trinajstić information content (AvgIpc) is 1.65. The van der Waals surface area contributed by atoms with Gasteiger partial charge in [-0.3, -0.25) is 0 Å². The molecule has 0 heterocycles. The molecule has 0 aliphatic rings. The molecule has 0 nitrogen and oxygen atoms in total. The Labute approximate surface area is 51.7 Å². The van der Waals surface area contributed by atoms with E-state index in [1.165, 1.54) is 0 Å². The lowest BCUT2D eigenvalue weighted by molar-refractivity contribution is 0.597. The summed E-state index contributed by atoms with van der Waals surface area (Å²) >= 11 is 5.06. The molecule has 0 aromatic carbocycles. The van der Waals surface area contributed by atoms with Gasteiger partial charge in [0.1, 0.15) is 0 Å². The zero-order valence-electron chi connectivity index (χ0n) is 5.27. The van der Waals surface area contributed by atoms with Crippen molar-refractivity contribution in [3.63, 3.8) is 0 Å². The Bertz CT molecular complexity index is 41.4. The van der Waals surface area contributed by atoms with Crippen molar-refractivity contribution in [2.24, 2.45) is 5.92 Å². The van der Waals surface area contributed by atoms with Gasteiger partial charge in [0, 0.05) is 5.25 Å². The maximum absolute atomic E-state index is 5.06.